The maximum absolute atomic E-state index is 5.14. The Kier molecular flexibility index (Phi) is 3.93. The molecule has 136 valence electrons. The minimum atomic E-state index is 0.865. The third-order valence-electron chi connectivity index (χ3n) is 6.40. The Bertz CT molecular complexity index is 1060. The zero-order chi connectivity index (χ0) is 18.5. The molecule has 3 aromatic carbocycles. The fourth-order valence-corrected chi connectivity index (χ4v) is 5.14. The van der Waals surface area contributed by atoms with Gasteiger partial charge >= 0.3 is 0 Å². The number of benzene rings is 3. The van der Waals surface area contributed by atoms with Crippen LogP contribution in [0, 0.1) is 26.7 Å². The van der Waals surface area contributed by atoms with Crippen LogP contribution in [0.1, 0.15) is 59.1 Å². The van der Waals surface area contributed by atoms with Crippen LogP contribution in [0.2, 0.25) is 0 Å². The van der Waals surface area contributed by atoms with E-state index in [2.05, 4.69) is 63.2 Å². The first-order valence-corrected chi connectivity index (χ1v) is 10.3. The van der Waals surface area contributed by atoms with Gasteiger partial charge in [-0.1, -0.05) is 67.1 Å². The highest BCUT2D eigenvalue weighted by atomic mass is 14.8. The predicted molar refractivity (Wildman–Crippen MR) is 116 cm³/mol. The smallest absolute Gasteiger partial charge is 0.0789 e. The third-order valence-corrected chi connectivity index (χ3v) is 6.40. The molecule has 5 rings (SSSR count). The van der Waals surface area contributed by atoms with Gasteiger partial charge in [-0.25, -0.2) is 4.99 Å². The SMILES string of the molecule is Cc1cc(C)cc(C2=Nc3c(C)ccc4c(CC5CCCC5)ccc2c34)c1. The highest BCUT2D eigenvalue weighted by Crippen LogP contribution is 2.42. The van der Waals surface area contributed by atoms with Crippen LogP contribution < -0.4 is 0 Å². The third kappa shape index (κ3) is 2.81. The van der Waals surface area contributed by atoms with E-state index in [1.807, 2.05) is 0 Å². The van der Waals surface area contributed by atoms with Crippen molar-refractivity contribution in [3.05, 3.63) is 75.8 Å². The standard InChI is InChI=1S/C26H27N/c1-16-12-17(2)14-21(13-16)26-23-11-9-20(15-19-6-4-5-7-19)22-10-8-18(3)25(27-26)24(22)23/h8-14,19H,4-7,15H2,1-3H3. The molecule has 0 amide bonds. The van der Waals surface area contributed by atoms with Gasteiger partial charge in [0.15, 0.2) is 0 Å². The van der Waals surface area contributed by atoms with Crippen molar-refractivity contribution in [2.75, 3.05) is 0 Å². The van der Waals surface area contributed by atoms with Crippen LogP contribution in [-0.4, -0.2) is 5.71 Å². The molecule has 0 atom stereocenters. The summed E-state index contributed by atoms with van der Waals surface area (Å²) < 4.78 is 0. The quantitative estimate of drug-likeness (QED) is 0.377. The van der Waals surface area contributed by atoms with E-state index in [0.29, 0.717) is 0 Å². The maximum atomic E-state index is 5.14. The van der Waals surface area contributed by atoms with Crippen molar-refractivity contribution in [2.45, 2.75) is 52.9 Å². The average Bonchev–Trinajstić information content (AvgIpc) is 3.27. The summed E-state index contributed by atoms with van der Waals surface area (Å²) in [6.45, 7) is 6.53. The number of nitrogens with zero attached hydrogens (tertiary/aromatic N) is 1. The summed E-state index contributed by atoms with van der Waals surface area (Å²) in [5, 5.41) is 2.79. The van der Waals surface area contributed by atoms with Gasteiger partial charge in [0.2, 0.25) is 0 Å². The first-order valence-electron chi connectivity index (χ1n) is 10.3. The van der Waals surface area contributed by atoms with E-state index in [-0.39, 0.29) is 0 Å². The van der Waals surface area contributed by atoms with Crippen molar-refractivity contribution < 1.29 is 0 Å². The lowest BCUT2D eigenvalue weighted by Gasteiger charge is -2.14. The highest BCUT2D eigenvalue weighted by Gasteiger charge is 2.24. The number of aliphatic imine (C=N–C) groups is 1. The van der Waals surface area contributed by atoms with E-state index in [9.17, 15) is 0 Å². The van der Waals surface area contributed by atoms with E-state index >= 15 is 0 Å². The van der Waals surface area contributed by atoms with Crippen molar-refractivity contribution in [3.8, 4) is 0 Å². The van der Waals surface area contributed by atoms with Gasteiger partial charge in [0.1, 0.15) is 0 Å². The Balaban J connectivity index is 1.67. The maximum Gasteiger partial charge on any atom is 0.0789 e. The first-order chi connectivity index (χ1) is 13.1. The van der Waals surface area contributed by atoms with Crippen LogP contribution in [0.25, 0.3) is 10.8 Å². The summed E-state index contributed by atoms with van der Waals surface area (Å²) in [6, 6.07) is 16.1. The summed E-state index contributed by atoms with van der Waals surface area (Å²) in [5.41, 5.74) is 10.3. The molecule has 0 bridgehead atoms. The minimum Gasteiger partial charge on any atom is -0.247 e. The highest BCUT2D eigenvalue weighted by molar-refractivity contribution is 6.27. The molecule has 0 unspecified atom stereocenters. The number of hydrogen-bond acceptors (Lipinski definition) is 1. The molecule has 1 aliphatic carbocycles. The molecule has 1 saturated carbocycles. The Labute approximate surface area is 162 Å². The lowest BCUT2D eigenvalue weighted by molar-refractivity contribution is 0.548. The number of hydrogen-bond donors (Lipinski definition) is 0. The molecule has 0 saturated heterocycles. The van der Waals surface area contributed by atoms with Gasteiger partial charge in [0.05, 0.1) is 11.4 Å². The molecule has 1 heteroatoms. The second kappa shape index (κ2) is 6.34. The van der Waals surface area contributed by atoms with E-state index in [1.54, 1.807) is 0 Å². The summed E-state index contributed by atoms with van der Waals surface area (Å²) in [5.74, 6) is 0.865. The van der Waals surface area contributed by atoms with Gasteiger partial charge < -0.3 is 0 Å². The molecule has 1 nitrogen and oxygen atoms in total. The van der Waals surface area contributed by atoms with Crippen molar-refractivity contribution in [3.63, 3.8) is 0 Å². The second-order valence-electron chi connectivity index (χ2n) is 8.62. The molecular formula is C26H27N. The van der Waals surface area contributed by atoms with Gasteiger partial charge in [-0.15, -0.1) is 0 Å². The number of aryl methyl sites for hydroxylation is 3. The van der Waals surface area contributed by atoms with Gasteiger partial charge in [-0.3, -0.25) is 0 Å². The van der Waals surface area contributed by atoms with Crippen LogP contribution in [0.15, 0.2) is 47.5 Å². The van der Waals surface area contributed by atoms with Crippen molar-refractivity contribution in [1.82, 2.24) is 0 Å². The van der Waals surface area contributed by atoms with Gasteiger partial charge in [-0.05, 0) is 61.8 Å². The summed E-state index contributed by atoms with van der Waals surface area (Å²) in [4.78, 5) is 5.14. The van der Waals surface area contributed by atoms with Gasteiger partial charge in [0, 0.05) is 16.5 Å². The number of rotatable bonds is 3. The van der Waals surface area contributed by atoms with Gasteiger partial charge in [-0.2, -0.15) is 0 Å². The summed E-state index contributed by atoms with van der Waals surface area (Å²) >= 11 is 0. The molecule has 1 heterocycles. The lowest BCUT2D eigenvalue weighted by atomic mass is 9.89. The van der Waals surface area contributed by atoms with Crippen LogP contribution in [0.4, 0.5) is 5.69 Å². The zero-order valence-corrected chi connectivity index (χ0v) is 16.6. The van der Waals surface area contributed by atoms with E-state index in [4.69, 9.17) is 4.99 Å². The van der Waals surface area contributed by atoms with Crippen LogP contribution in [0.3, 0.4) is 0 Å². The molecule has 3 aromatic rings. The minimum absolute atomic E-state index is 0.865. The van der Waals surface area contributed by atoms with Crippen LogP contribution in [0.5, 0.6) is 0 Å². The first kappa shape index (κ1) is 16.7. The predicted octanol–water partition coefficient (Wildman–Crippen LogP) is 6.98. The molecule has 27 heavy (non-hydrogen) atoms. The van der Waals surface area contributed by atoms with Crippen molar-refractivity contribution >= 4 is 22.2 Å². The zero-order valence-electron chi connectivity index (χ0n) is 16.6. The molecule has 0 radical (unpaired) electrons. The fraction of sp³-hybridized carbons (Fsp3) is 0.346. The molecule has 0 aromatic heterocycles. The average molecular weight is 354 g/mol. The van der Waals surface area contributed by atoms with Crippen LogP contribution >= 0.6 is 0 Å². The topological polar surface area (TPSA) is 12.4 Å². The summed E-state index contributed by atoms with van der Waals surface area (Å²) in [6.07, 6.45) is 6.83. The van der Waals surface area contributed by atoms with Crippen molar-refractivity contribution in [2.24, 2.45) is 10.9 Å². The normalized spacial score (nSPS) is 16.3. The molecule has 0 spiro atoms. The Morgan fingerprint density at radius 3 is 2.37 bits per heavy atom. The van der Waals surface area contributed by atoms with E-state index < -0.39 is 0 Å². The Hall–Kier alpha value is -2.41. The molecular weight excluding hydrogens is 326 g/mol. The lowest BCUT2D eigenvalue weighted by Crippen LogP contribution is -2.03. The van der Waals surface area contributed by atoms with E-state index in [0.717, 1.165) is 11.6 Å². The largest absolute Gasteiger partial charge is 0.247 e. The Morgan fingerprint density at radius 2 is 1.63 bits per heavy atom. The fourth-order valence-electron chi connectivity index (χ4n) is 5.14. The second-order valence-corrected chi connectivity index (χ2v) is 8.62. The van der Waals surface area contributed by atoms with Gasteiger partial charge in [0.25, 0.3) is 0 Å². The van der Waals surface area contributed by atoms with Crippen LogP contribution in [-0.2, 0) is 6.42 Å². The summed E-state index contributed by atoms with van der Waals surface area (Å²) in [7, 11) is 0. The van der Waals surface area contributed by atoms with E-state index in [1.165, 1.54) is 81.9 Å². The molecule has 1 aliphatic heterocycles. The molecule has 0 N–H and O–H groups in total. The molecule has 1 fully saturated rings. The monoisotopic (exact) mass is 353 g/mol. The Morgan fingerprint density at radius 1 is 0.889 bits per heavy atom. The van der Waals surface area contributed by atoms with Crippen molar-refractivity contribution in [1.29, 1.82) is 0 Å². The molecule has 2 aliphatic rings.